The van der Waals surface area contributed by atoms with Crippen LogP contribution in [0.1, 0.15) is 16.7 Å². The molecule has 5 rings (SSSR count). The molecular formula is C26H21N3OS. The fourth-order valence-electron chi connectivity index (χ4n) is 3.65. The lowest BCUT2D eigenvalue weighted by Crippen LogP contribution is -2.19. The zero-order valence-electron chi connectivity index (χ0n) is 17.1. The third-order valence-corrected chi connectivity index (χ3v) is 6.13. The normalized spacial score (nSPS) is 16.4. The van der Waals surface area contributed by atoms with Crippen LogP contribution < -0.4 is 5.32 Å². The number of fused-ring (bicyclic) bond motifs is 1. The van der Waals surface area contributed by atoms with Crippen LogP contribution in [0.25, 0.3) is 17.0 Å². The Hall–Kier alpha value is -3.57. The number of hydrogen-bond donors (Lipinski definition) is 1. The number of carbonyl (C=O) groups excluding carboxylic acids is 1. The van der Waals surface area contributed by atoms with Crippen LogP contribution in [0.5, 0.6) is 0 Å². The molecule has 0 bridgehead atoms. The van der Waals surface area contributed by atoms with Crippen molar-refractivity contribution < 1.29 is 4.79 Å². The van der Waals surface area contributed by atoms with Crippen molar-refractivity contribution in [3.8, 4) is 0 Å². The Morgan fingerprint density at radius 1 is 0.968 bits per heavy atom. The zero-order valence-corrected chi connectivity index (χ0v) is 17.9. The molecule has 1 N–H and O–H groups in total. The number of thioether (sulfide) groups is 1. The summed E-state index contributed by atoms with van der Waals surface area (Å²) in [6.07, 6.45) is 4.08. The van der Waals surface area contributed by atoms with E-state index >= 15 is 0 Å². The van der Waals surface area contributed by atoms with Crippen molar-refractivity contribution in [3.63, 3.8) is 0 Å². The second kappa shape index (κ2) is 8.28. The van der Waals surface area contributed by atoms with Gasteiger partial charge in [-0.3, -0.25) is 4.79 Å². The molecule has 4 nitrogen and oxygen atoms in total. The minimum atomic E-state index is -0.116. The minimum absolute atomic E-state index is 0.116. The van der Waals surface area contributed by atoms with E-state index in [1.54, 1.807) is 0 Å². The highest BCUT2D eigenvalue weighted by atomic mass is 32.2. The second-order valence-corrected chi connectivity index (χ2v) is 8.56. The number of aliphatic imine (C=N–C) groups is 1. The van der Waals surface area contributed by atoms with Gasteiger partial charge in [0.25, 0.3) is 5.91 Å². The highest BCUT2D eigenvalue weighted by Crippen LogP contribution is 2.31. The number of hydrogen-bond acceptors (Lipinski definition) is 3. The van der Waals surface area contributed by atoms with Crippen LogP contribution in [0.3, 0.4) is 0 Å². The van der Waals surface area contributed by atoms with Crippen LogP contribution in [0, 0.1) is 6.92 Å². The molecule has 0 unspecified atom stereocenters. The molecule has 0 aliphatic carbocycles. The van der Waals surface area contributed by atoms with E-state index < -0.39 is 0 Å². The van der Waals surface area contributed by atoms with Gasteiger partial charge in [0.2, 0.25) is 0 Å². The van der Waals surface area contributed by atoms with Crippen molar-refractivity contribution in [1.82, 2.24) is 9.88 Å². The van der Waals surface area contributed by atoms with Crippen molar-refractivity contribution in [2.45, 2.75) is 13.5 Å². The van der Waals surface area contributed by atoms with Crippen molar-refractivity contribution in [3.05, 3.63) is 107 Å². The van der Waals surface area contributed by atoms with Gasteiger partial charge in [-0.2, -0.15) is 0 Å². The van der Waals surface area contributed by atoms with Crippen LogP contribution in [0.2, 0.25) is 0 Å². The number of benzene rings is 3. The van der Waals surface area contributed by atoms with Gasteiger partial charge in [0.1, 0.15) is 0 Å². The summed E-state index contributed by atoms with van der Waals surface area (Å²) in [5.41, 5.74) is 5.50. The smallest absolute Gasteiger partial charge is 0.264 e. The maximum atomic E-state index is 12.6. The molecule has 152 valence electrons. The summed E-state index contributed by atoms with van der Waals surface area (Å²) in [4.78, 5) is 17.7. The Balaban J connectivity index is 1.47. The summed E-state index contributed by atoms with van der Waals surface area (Å²) in [5, 5.41) is 4.60. The lowest BCUT2D eigenvalue weighted by atomic mass is 10.1. The highest BCUT2D eigenvalue weighted by molar-refractivity contribution is 8.18. The second-order valence-electron chi connectivity index (χ2n) is 7.53. The van der Waals surface area contributed by atoms with E-state index in [9.17, 15) is 4.79 Å². The van der Waals surface area contributed by atoms with Crippen LogP contribution >= 0.6 is 11.8 Å². The Bertz CT molecular complexity index is 1320. The lowest BCUT2D eigenvalue weighted by Gasteiger charge is -2.06. The van der Waals surface area contributed by atoms with E-state index in [4.69, 9.17) is 0 Å². The maximum absolute atomic E-state index is 12.6. The molecule has 0 saturated carbocycles. The third kappa shape index (κ3) is 4.18. The van der Waals surface area contributed by atoms with Gasteiger partial charge in [0.05, 0.1) is 10.6 Å². The number of rotatable bonds is 4. The Morgan fingerprint density at radius 3 is 2.52 bits per heavy atom. The summed E-state index contributed by atoms with van der Waals surface area (Å²) in [6, 6.07) is 26.5. The van der Waals surface area contributed by atoms with Crippen LogP contribution in [0.4, 0.5) is 5.69 Å². The molecule has 0 spiro atoms. The van der Waals surface area contributed by atoms with E-state index in [1.165, 1.54) is 22.9 Å². The Labute approximate surface area is 185 Å². The Kier molecular flexibility index (Phi) is 5.18. The van der Waals surface area contributed by atoms with Crippen molar-refractivity contribution in [2.75, 3.05) is 0 Å². The molecule has 1 aliphatic rings. The average molecular weight is 424 g/mol. The van der Waals surface area contributed by atoms with E-state index in [1.807, 2.05) is 48.5 Å². The summed E-state index contributed by atoms with van der Waals surface area (Å²) < 4.78 is 2.24. The van der Waals surface area contributed by atoms with Crippen molar-refractivity contribution in [1.29, 1.82) is 0 Å². The fraction of sp³-hybridized carbons (Fsp3) is 0.0769. The van der Waals surface area contributed by atoms with Gasteiger partial charge in [0.15, 0.2) is 5.17 Å². The number of amides is 1. The molecule has 1 aromatic heterocycles. The average Bonchev–Trinajstić information content (AvgIpc) is 3.30. The predicted octanol–water partition coefficient (Wildman–Crippen LogP) is 5.89. The highest BCUT2D eigenvalue weighted by Gasteiger charge is 2.24. The maximum Gasteiger partial charge on any atom is 0.264 e. The summed E-state index contributed by atoms with van der Waals surface area (Å²) in [6.45, 7) is 2.88. The Morgan fingerprint density at radius 2 is 1.71 bits per heavy atom. The van der Waals surface area contributed by atoms with Crippen LogP contribution in [0.15, 0.2) is 95.0 Å². The van der Waals surface area contributed by atoms with Gasteiger partial charge < -0.3 is 9.88 Å². The summed E-state index contributed by atoms with van der Waals surface area (Å²) in [5.74, 6) is -0.116. The molecule has 1 amide bonds. The topological polar surface area (TPSA) is 46.4 Å². The first-order chi connectivity index (χ1) is 15.2. The van der Waals surface area contributed by atoms with E-state index in [0.717, 1.165) is 28.7 Å². The third-order valence-electron chi connectivity index (χ3n) is 5.22. The van der Waals surface area contributed by atoms with Gasteiger partial charge in [0, 0.05) is 29.2 Å². The number of aromatic nitrogens is 1. The zero-order chi connectivity index (χ0) is 21.2. The summed E-state index contributed by atoms with van der Waals surface area (Å²) in [7, 11) is 0. The number of amidine groups is 1. The van der Waals surface area contributed by atoms with Crippen LogP contribution in [-0.2, 0) is 11.3 Å². The number of nitrogens with one attached hydrogen (secondary N) is 1. The number of para-hydroxylation sites is 2. The standard InChI is InChI=1S/C26H21N3OS/c1-18-11-13-19(14-12-18)16-29-17-20(22-9-5-6-10-23(22)29)15-24-25(30)28-26(31-24)27-21-7-3-2-4-8-21/h2-15,17H,16H2,1H3,(H,27,28,30)/b24-15+. The molecule has 31 heavy (non-hydrogen) atoms. The first-order valence-corrected chi connectivity index (χ1v) is 11.0. The lowest BCUT2D eigenvalue weighted by molar-refractivity contribution is -0.115. The van der Waals surface area contributed by atoms with E-state index in [-0.39, 0.29) is 5.91 Å². The first kappa shape index (κ1) is 19.4. The quantitative estimate of drug-likeness (QED) is 0.416. The van der Waals surface area contributed by atoms with Gasteiger partial charge in [-0.25, -0.2) is 4.99 Å². The number of aryl methyl sites for hydroxylation is 1. The molecule has 1 fully saturated rings. The minimum Gasteiger partial charge on any atom is -0.342 e. The number of carbonyl (C=O) groups is 1. The van der Waals surface area contributed by atoms with Gasteiger partial charge in [-0.15, -0.1) is 0 Å². The molecule has 1 saturated heterocycles. The predicted molar refractivity (Wildman–Crippen MR) is 129 cm³/mol. The van der Waals surface area contributed by atoms with E-state index in [0.29, 0.717) is 10.1 Å². The van der Waals surface area contributed by atoms with Gasteiger partial charge >= 0.3 is 0 Å². The molecule has 5 heteroatoms. The van der Waals surface area contributed by atoms with Crippen molar-refractivity contribution >= 4 is 45.5 Å². The summed E-state index contributed by atoms with van der Waals surface area (Å²) >= 11 is 1.37. The first-order valence-electron chi connectivity index (χ1n) is 10.1. The van der Waals surface area contributed by atoms with Crippen LogP contribution in [-0.4, -0.2) is 15.6 Å². The monoisotopic (exact) mass is 423 g/mol. The largest absolute Gasteiger partial charge is 0.342 e. The van der Waals surface area contributed by atoms with Crippen molar-refractivity contribution in [2.24, 2.45) is 4.99 Å². The molecule has 0 radical (unpaired) electrons. The molecule has 0 atom stereocenters. The molecule has 1 aliphatic heterocycles. The molecule has 3 aromatic carbocycles. The SMILES string of the molecule is Cc1ccc(Cn2cc(/C=C3/SC(=Nc4ccccc4)NC3=O)c3ccccc32)cc1. The van der Waals surface area contributed by atoms with Gasteiger partial charge in [-0.1, -0.05) is 66.2 Å². The molecule has 4 aromatic rings. The van der Waals surface area contributed by atoms with Gasteiger partial charge in [-0.05, 0) is 48.5 Å². The number of nitrogens with zero attached hydrogens (tertiary/aromatic N) is 2. The fourth-order valence-corrected chi connectivity index (χ4v) is 4.49. The van der Waals surface area contributed by atoms with E-state index in [2.05, 4.69) is 64.4 Å². The molecular weight excluding hydrogens is 402 g/mol. The molecule has 2 heterocycles.